The Kier molecular flexibility index (Phi) is 4.39. The van der Waals surface area contributed by atoms with Gasteiger partial charge in [0.1, 0.15) is 0 Å². The second-order valence-corrected chi connectivity index (χ2v) is 7.40. The van der Waals surface area contributed by atoms with Gasteiger partial charge in [0.05, 0.1) is 0 Å². The number of piperazine rings is 1. The SMILES string of the molecule is CSCCN1CC(c2ccccc2)NCC1(C)C1CC1. The first-order valence-corrected chi connectivity index (χ1v) is 9.16. The van der Waals surface area contributed by atoms with Gasteiger partial charge in [-0.05, 0) is 37.5 Å². The Morgan fingerprint density at radius 1 is 1.30 bits per heavy atom. The van der Waals surface area contributed by atoms with Gasteiger partial charge >= 0.3 is 0 Å². The molecule has 2 unspecified atom stereocenters. The van der Waals surface area contributed by atoms with Gasteiger partial charge in [-0.1, -0.05) is 30.3 Å². The Bertz CT molecular complexity index is 432. The van der Waals surface area contributed by atoms with Crippen molar-refractivity contribution in [3.8, 4) is 0 Å². The summed E-state index contributed by atoms with van der Waals surface area (Å²) >= 11 is 1.96. The van der Waals surface area contributed by atoms with Crippen LogP contribution in [0.15, 0.2) is 30.3 Å². The highest BCUT2D eigenvalue weighted by atomic mass is 32.2. The number of nitrogens with one attached hydrogen (secondary N) is 1. The van der Waals surface area contributed by atoms with Crippen molar-refractivity contribution in [1.29, 1.82) is 0 Å². The van der Waals surface area contributed by atoms with Crippen LogP contribution in [-0.4, -0.2) is 42.1 Å². The maximum absolute atomic E-state index is 3.81. The van der Waals surface area contributed by atoms with Crippen LogP contribution in [0.3, 0.4) is 0 Å². The summed E-state index contributed by atoms with van der Waals surface area (Å²) in [6, 6.07) is 11.4. The zero-order valence-electron chi connectivity index (χ0n) is 12.6. The summed E-state index contributed by atoms with van der Waals surface area (Å²) in [6.45, 7) is 5.97. The van der Waals surface area contributed by atoms with Crippen LogP contribution >= 0.6 is 11.8 Å². The molecule has 1 aliphatic carbocycles. The van der Waals surface area contributed by atoms with E-state index in [1.54, 1.807) is 0 Å². The first kappa shape index (κ1) is 14.4. The van der Waals surface area contributed by atoms with Gasteiger partial charge < -0.3 is 5.32 Å². The van der Waals surface area contributed by atoms with Crippen LogP contribution in [0, 0.1) is 5.92 Å². The molecular formula is C17H26N2S. The van der Waals surface area contributed by atoms with Crippen molar-refractivity contribution in [2.24, 2.45) is 5.92 Å². The molecule has 1 saturated heterocycles. The average Bonchev–Trinajstić information content (AvgIpc) is 3.32. The zero-order chi connectivity index (χ0) is 14.0. The van der Waals surface area contributed by atoms with Crippen molar-refractivity contribution in [1.82, 2.24) is 10.2 Å². The Morgan fingerprint density at radius 3 is 2.70 bits per heavy atom. The molecule has 0 bridgehead atoms. The van der Waals surface area contributed by atoms with Crippen LogP contribution in [0.25, 0.3) is 0 Å². The largest absolute Gasteiger partial charge is 0.307 e. The van der Waals surface area contributed by atoms with Crippen LogP contribution < -0.4 is 5.32 Å². The van der Waals surface area contributed by atoms with Crippen LogP contribution in [0.5, 0.6) is 0 Å². The lowest BCUT2D eigenvalue weighted by Crippen LogP contribution is -2.62. The van der Waals surface area contributed by atoms with E-state index in [0.29, 0.717) is 11.6 Å². The lowest BCUT2D eigenvalue weighted by atomic mass is 9.88. The van der Waals surface area contributed by atoms with Crippen molar-refractivity contribution in [2.75, 3.05) is 31.6 Å². The lowest BCUT2D eigenvalue weighted by Gasteiger charge is -2.49. The van der Waals surface area contributed by atoms with E-state index >= 15 is 0 Å². The Balaban J connectivity index is 1.73. The van der Waals surface area contributed by atoms with E-state index in [2.05, 4.69) is 53.7 Å². The summed E-state index contributed by atoms with van der Waals surface area (Å²) in [4.78, 5) is 2.76. The third kappa shape index (κ3) is 2.90. The highest BCUT2D eigenvalue weighted by Gasteiger charge is 2.48. The summed E-state index contributed by atoms with van der Waals surface area (Å²) in [7, 11) is 0. The van der Waals surface area contributed by atoms with E-state index in [0.717, 1.165) is 19.0 Å². The topological polar surface area (TPSA) is 15.3 Å². The molecule has 110 valence electrons. The number of thioether (sulfide) groups is 1. The van der Waals surface area contributed by atoms with E-state index < -0.39 is 0 Å². The molecule has 1 saturated carbocycles. The number of hydrogen-bond acceptors (Lipinski definition) is 3. The van der Waals surface area contributed by atoms with Crippen LogP contribution in [0.4, 0.5) is 0 Å². The fourth-order valence-electron chi connectivity index (χ4n) is 3.50. The van der Waals surface area contributed by atoms with E-state index in [1.165, 1.54) is 30.7 Å². The van der Waals surface area contributed by atoms with Crippen molar-refractivity contribution in [3.05, 3.63) is 35.9 Å². The highest BCUT2D eigenvalue weighted by Crippen LogP contribution is 2.45. The summed E-state index contributed by atoms with van der Waals surface area (Å²) in [6.07, 6.45) is 5.05. The molecule has 0 radical (unpaired) electrons. The first-order chi connectivity index (χ1) is 9.74. The monoisotopic (exact) mass is 290 g/mol. The Hall–Kier alpha value is -0.510. The van der Waals surface area contributed by atoms with Gasteiger partial charge in [-0.15, -0.1) is 0 Å². The summed E-state index contributed by atoms with van der Waals surface area (Å²) in [5.41, 5.74) is 1.81. The van der Waals surface area contributed by atoms with Gasteiger partial charge in [0, 0.05) is 37.0 Å². The van der Waals surface area contributed by atoms with E-state index in [1.807, 2.05) is 11.8 Å². The van der Waals surface area contributed by atoms with Crippen molar-refractivity contribution < 1.29 is 0 Å². The second kappa shape index (κ2) is 6.08. The predicted molar refractivity (Wildman–Crippen MR) is 88.3 cm³/mol. The molecule has 1 aromatic rings. The van der Waals surface area contributed by atoms with Crippen molar-refractivity contribution in [3.63, 3.8) is 0 Å². The summed E-state index contributed by atoms with van der Waals surface area (Å²) in [5, 5.41) is 3.81. The average molecular weight is 290 g/mol. The Labute approximate surface area is 127 Å². The molecule has 2 nitrogen and oxygen atoms in total. The van der Waals surface area contributed by atoms with Crippen molar-refractivity contribution in [2.45, 2.75) is 31.3 Å². The molecular weight excluding hydrogens is 264 g/mol. The van der Waals surface area contributed by atoms with Crippen LogP contribution in [0.1, 0.15) is 31.4 Å². The molecule has 1 heterocycles. The third-order valence-electron chi connectivity index (χ3n) is 5.06. The standard InChI is InChI=1S/C17H26N2S/c1-17(15-8-9-15)13-18-16(12-19(17)10-11-20-2)14-6-4-3-5-7-14/h3-7,15-16,18H,8-13H2,1-2H3. The van der Waals surface area contributed by atoms with Gasteiger partial charge in [-0.2, -0.15) is 11.8 Å². The third-order valence-corrected chi connectivity index (χ3v) is 5.65. The second-order valence-electron chi connectivity index (χ2n) is 6.41. The zero-order valence-corrected chi connectivity index (χ0v) is 13.5. The molecule has 0 amide bonds. The number of nitrogens with zero attached hydrogens (tertiary/aromatic N) is 1. The number of hydrogen-bond donors (Lipinski definition) is 1. The minimum atomic E-state index is 0.376. The van der Waals surface area contributed by atoms with E-state index in [9.17, 15) is 0 Å². The molecule has 1 aliphatic heterocycles. The normalized spacial score (nSPS) is 31.4. The maximum Gasteiger partial charge on any atom is 0.0450 e. The van der Waals surface area contributed by atoms with Gasteiger partial charge in [0.15, 0.2) is 0 Å². The van der Waals surface area contributed by atoms with Gasteiger partial charge in [0.2, 0.25) is 0 Å². The minimum Gasteiger partial charge on any atom is -0.307 e. The molecule has 1 N–H and O–H groups in total. The fraction of sp³-hybridized carbons (Fsp3) is 0.647. The van der Waals surface area contributed by atoms with Crippen LogP contribution in [0.2, 0.25) is 0 Å². The van der Waals surface area contributed by atoms with Gasteiger partial charge in [-0.25, -0.2) is 0 Å². The fourth-order valence-corrected chi connectivity index (χ4v) is 3.90. The lowest BCUT2D eigenvalue weighted by molar-refractivity contribution is 0.0406. The molecule has 1 aromatic carbocycles. The molecule has 0 aromatic heterocycles. The predicted octanol–water partition coefficient (Wildman–Crippen LogP) is 3.16. The molecule has 2 fully saturated rings. The Morgan fingerprint density at radius 2 is 2.05 bits per heavy atom. The van der Waals surface area contributed by atoms with E-state index in [4.69, 9.17) is 0 Å². The first-order valence-electron chi connectivity index (χ1n) is 7.76. The number of rotatable bonds is 5. The smallest absolute Gasteiger partial charge is 0.0450 e. The molecule has 3 rings (SSSR count). The number of benzene rings is 1. The molecule has 0 spiro atoms. The van der Waals surface area contributed by atoms with E-state index in [-0.39, 0.29) is 0 Å². The molecule has 2 aliphatic rings. The van der Waals surface area contributed by atoms with Crippen LogP contribution in [-0.2, 0) is 0 Å². The summed E-state index contributed by atoms with van der Waals surface area (Å²) < 4.78 is 0. The van der Waals surface area contributed by atoms with Gasteiger partial charge in [0.25, 0.3) is 0 Å². The summed E-state index contributed by atoms with van der Waals surface area (Å²) in [5.74, 6) is 2.15. The maximum atomic E-state index is 3.81. The highest BCUT2D eigenvalue weighted by molar-refractivity contribution is 7.98. The van der Waals surface area contributed by atoms with Crippen molar-refractivity contribution >= 4 is 11.8 Å². The van der Waals surface area contributed by atoms with Gasteiger partial charge in [-0.3, -0.25) is 4.90 Å². The molecule has 2 atom stereocenters. The molecule has 20 heavy (non-hydrogen) atoms. The molecule has 3 heteroatoms. The quantitative estimate of drug-likeness (QED) is 0.897. The minimum absolute atomic E-state index is 0.376.